The van der Waals surface area contributed by atoms with Crippen molar-refractivity contribution in [3.05, 3.63) is 34.6 Å². The molecule has 0 heterocycles. The molecule has 1 aromatic carbocycles. The predicted octanol–water partition coefficient (Wildman–Crippen LogP) is 3.16. The zero-order valence-corrected chi connectivity index (χ0v) is 18.9. The highest BCUT2D eigenvalue weighted by Crippen LogP contribution is 2.18. The summed E-state index contributed by atoms with van der Waals surface area (Å²) in [5.41, 5.74) is 0.533. The quantitative estimate of drug-likeness (QED) is 0.212. The van der Waals surface area contributed by atoms with Crippen LogP contribution in [0.2, 0.25) is 5.02 Å². The third-order valence-electron chi connectivity index (χ3n) is 3.71. The number of likely N-dealkylation sites (N-methyl/N-ethyl adjacent to an activating group) is 1. The molecule has 0 radical (unpaired) electrons. The first-order chi connectivity index (χ1) is 12.1. The first-order valence-electron chi connectivity index (χ1n) is 8.71. The molecule has 0 aromatic heterocycles. The van der Waals surface area contributed by atoms with E-state index >= 15 is 0 Å². The van der Waals surface area contributed by atoms with E-state index in [4.69, 9.17) is 16.3 Å². The van der Waals surface area contributed by atoms with Crippen molar-refractivity contribution in [2.24, 2.45) is 4.99 Å². The van der Waals surface area contributed by atoms with Crippen LogP contribution >= 0.6 is 35.6 Å². The van der Waals surface area contributed by atoms with Gasteiger partial charge in [-0.2, -0.15) is 0 Å². The second-order valence-electron chi connectivity index (χ2n) is 5.79. The molecule has 26 heavy (non-hydrogen) atoms. The Kier molecular flexibility index (Phi) is 15.0. The van der Waals surface area contributed by atoms with Crippen molar-refractivity contribution in [3.63, 3.8) is 0 Å². The van der Waals surface area contributed by atoms with E-state index < -0.39 is 0 Å². The van der Waals surface area contributed by atoms with Crippen LogP contribution in [0, 0.1) is 5.82 Å². The van der Waals surface area contributed by atoms with Crippen molar-refractivity contribution in [2.75, 3.05) is 53.5 Å². The molecule has 0 aliphatic carbocycles. The summed E-state index contributed by atoms with van der Waals surface area (Å²) in [4.78, 5) is 6.78. The number of hydrogen-bond donors (Lipinski definition) is 2. The molecule has 5 nitrogen and oxygen atoms in total. The van der Waals surface area contributed by atoms with Gasteiger partial charge in [0.2, 0.25) is 0 Å². The summed E-state index contributed by atoms with van der Waals surface area (Å²) in [6.07, 6.45) is 1.52. The van der Waals surface area contributed by atoms with Gasteiger partial charge in [0, 0.05) is 50.5 Å². The summed E-state index contributed by atoms with van der Waals surface area (Å²) < 4.78 is 18.8. The zero-order valence-electron chi connectivity index (χ0n) is 15.9. The number of aliphatic imine (C=N–C) groups is 1. The van der Waals surface area contributed by atoms with Gasteiger partial charge in [0.1, 0.15) is 5.82 Å². The van der Waals surface area contributed by atoms with Crippen molar-refractivity contribution < 1.29 is 9.13 Å². The molecular formula is C18H31ClFIN4O. The van der Waals surface area contributed by atoms with Crippen molar-refractivity contribution in [3.8, 4) is 0 Å². The lowest BCUT2D eigenvalue weighted by molar-refractivity contribution is 0.180. The lowest BCUT2D eigenvalue weighted by atomic mass is 10.1. The summed E-state index contributed by atoms with van der Waals surface area (Å²) in [6, 6.07) is 4.75. The number of hydrogen-bond acceptors (Lipinski definition) is 3. The Hall–Kier alpha value is -0.640. The van der Waals surface area contributed by atoms with Crippen LogP contribution in [0.25, 0.3) is 0 Å². The monoisotopic (exact) mass is 500 g/mol. The average Bonchev–Trinajstić information content (AvgIpc) is 2.57. The lowest BCUT2D eigenvalue weighted by Crippen LogP contribution is -2.39. The number of nitrogens with zero attached hydrogens (tertiary/aromatic N) is 2. The van der Waals surface area contributed by atoms with Crippen molar-refractivity contribution >= 4 is 41.5 Å². The van der Waals surface area contributed by atoms with Crippen LogP contribution in [-0.4, -0.2) is 64.3 Å². The van der Waals surface area contributed by atoms with Crippen LogP contribution in [0.15, 0.2) is 23.2 Å². The van der Waals surface area contributed by atoms with Crippen LogP contribution in [-0.2, 0) is 11.2 Å². The first kappa shape index (κ1) is 25.4. The molecule has 0 unspecified atom stereocenters. The summed E-state index contributed by atoms with van der Waals surface area (Å²) in [7, 11) is 3.79. The van der Waals surface area contributed by atoms with Gasteiger partial charge < -0.3 is 20.3 Å². The molecule has 0 aliphatic rings. The maximum Gasteiger partial charge on any atom is 0.191 e. The SMILES string of the molecule is CCNC(=NCCN(C)CCCOC)NCCc1c(F)cccc1Cl.I. The predicted molar refractivity (Wildman–Crippen MR) is 119 cm³/mol. The number of benzene rings is 1. The summed E-state index contributed by atoms with van der Waals surface area (Å²) in [5, 5.41) is 6.88. The molecule has 1 rings (SSSR count). The molecule has 8 heteroatoms. The molecule has 0 aliphatic heterocycles. The average molecular weight is 501 g/mol. The Labute approximate surface area is 178 Å². The van der Waals surface area contributed by atoms with E-state index in [0.717, 1.165) is 38.6 Å². The minimum atomic E-state index is -0.270. The maximum absolute atomic E-state index is 13.8. The summed E-state index contributed by atoms with van der Waals surface area (Å²) in [5.74, 6) is 0.467. The van der Waals surface area contributed by atoms with Gasteiger partial charge in [-0.25, -0.2) is 4.39 Å². The fourth-order valence-corrected chi connectivity index (χ4v) is 2.60. The Bertz CT molecular complexity index is 514. The molecule has 0 saturated carbocycles. The van der Waals surface area contributed by atoms with E-state index in [2.05, 4.69) is 27.6 Å². The highest BCUT2D eigenvalue weighted by Gasteiger charge is 2.07. The largest absolute Gasteiger partial charge is 0.385 e. The molecule has 1 aromatic rings. The number of guanidine groups is 1. The summed E-state index contributed by atoms with van der Waals surface area (Å²) >= 11 is 6.05. The van der Waals surface area contributed by atoms with Crippen molar-refractivity contribution in [1.29, 1.82) is 0 Å². The second kappa shape index (κ2) is 15.4. The fourth-order valence-electron chi connectivity index (χ4n) is 2.34. The topological polar surface area (TPSA) is 48.9 Å². The van der Waals surface area contributed by atoms with E-state index in [9.17, 15) is 4.39 Å². The van der Waals surface area contributed by atoms with Crippen molar-refractivity contribution in [2.45, 2.75) is 19.8 Å². The number of ether oxygens (including phenoxy) is 1. The molecule has 0 atom stereocenters. The number of methoxy groups -OCH3 is 1. The minimum absolute atomic E-state index is 0. The van der Waals surface area contributed by atoms with Gasteiger partial charge in [-0.05, 0) is 38.9 Å². The van der Waals surface area contributed by atoms with Gasteiger partial charge in [0.15, 0.2) is 5.96 Å². The van der Waals surface area contributed by atoms with E-state index in [1.54, 1.807) is 19.2 Å². The minimum Gasteiger partial charge on any atom is -0.385 e. The third kappa shape index (κ3) is 10.5. The van der Waals surface area contributed by atoms with Crippen LogP contribution < -0.4 is 10.6 Å². The van der Waals surface area contributed by atoms with Gasteiger partial charge in [-0.3, -0.25) is 4.99 Å². The van der Waals surface area contributed by atoms with E-state index in [-0.39, 0.29) is 29.8 Å². The highest BCUT2D eigenvalue weighted by molar-refractivity contribution is 14.0. The Morgan fingerprint density at radius 1 is 1.31 bits per heavy atom. The molecular weight excluding hydrogens is 470 g/mol. The van der Waals surface area contributed by atoms with Crippen molar-refractivity contribution in [1.82, 2.24) is 15.5 Å². The van der Waals surface area contributed by atoms with Gasteiger partial charge in [0.25, 0.3) is 0 Å². The lowest BCUT2D eigenvalue weighted by Gasteiger charge is -2.16. The molecule has 0 spiro atoms. The van der Waals surface area contributed by atoms with E-state index in [1.165, 1.54) is 6.07 Å². The molecule has 2 N–H and O–H groups in total. The van der Waals surface area contributed by atoms with E-state index in [1.807, 2.05) is 6.92 Å². The van der Waals surface area contributed by atoms with E-state index in [0.29, 0.717) is 30.1 Å². The molecule has 0 bridgehead atoms. The van der Waals surface area contributed by atoms with Crippen LogP contribution in [0.5, 0.6) is 0 Å². The maximum atomic E-state index is 13.8. The van der Waals surface area contributed by atoms with Crippen LogP contribution in [0.4, 0.5) is 4.39 Å². The fraction of sp³-hybridized carbons (Fsp3) is 0.611. The standard InChI is InChI=1S/C18H30ClFN4O.HI/c1-4-21-18(23-11-13-24(2)12-6-14-25-3)22-10-9-15-16(19)7-5-8-17(15)20;/h5,7-8H,4,6,9-14H2,1-3H3,(H2,21,22,23);1H. The van der Waals surface area contributed by atoms with Gasteiger partial charge in [0.05, 0.1) is 6.54 Å². The van der Waals surface area contributed by atoms with Gasteiger partial charge in [-0.15, -0.1) is 24.0 Å². The number of rotatable bonds is 11. The van der Waals surface area contributed by atoms with Crippen LogP contribution in [0.1, 0.15) is 18.9 Å². The molecule has 0 fully saturated rings. The van der Waals surface area contributed by atoms with Crippen LogP contribution in [0.3, 0.4) is 0 Å². The normalized spacial score (nSPS) is 11.4. The number of halogens is 3. The summed E-state index contributed by atoms with van der Waals surface area (Å²) in [6.45, 7) is 6.68. The number of nitrogens with one attached hydrogen (secondary N) is 2. The Balaban J connectivity index is 0.00000625. The second-order valence-corrected chi connectivity index (χ2v) is 6.19. The highest BCUT2D eigenvalue weighted by atomic mass is 127. The third-order valence-corrected chi connectivity index (χ3v) is 4.07. The van der Waals surface area contributed by atoms with Gasteiger partial charge >= 0.3 is 0 Å². The molecule has 0 amide bonds. The first-order valence-corrected chi connectivity index (χ1v) is 9.08. The molecule has 150 valence electrons. The Morgan fingerprint density at radius 3 is 2.73 bits per heavy atom. The molecule has 0 saturated heterocycles. The zero-order chi connectivity index (χ0) is 18.5. The smallest absolute Gasteiger partial charge is 0.191 e. The Morgan fingerprint density at radius 2 is 2.08 bits per heavy atom. The van der Waals surface area contributed by atoms with Gasteiger partial charge in [-0.1, -0.05) is 17.7 Å².